The molecular weight excluding hydrogens is 318 g/mol. The third-order valence-corrected chi connectivity index (χ3v) is 4.59. The Balaban J connectivity index is 1.57. The van der Waals surface area contributed by atoms with Crippen molar-refractivity contribution in [3.05, 3.63) is 36.5 Å². The third-order valence-electron chi connectivity index (χ3n) is 4.59. The average molecular weight is 343 g/mol. The number of aromatic nitrogens is 1. The fraction of sp³-hybridized carbons (Fsp3) is 0.474. The van der Waals surface area contributed by atoms with Gasteiger partial charge in [0, 0.05) is 37.9 Å². The number of fused-ring (bicyclic) bond motifs is 1. The topological polar surface area (TPSA) is 54.8 Å². The standard InChI is InChI=1S/C19H25N3O3/c1-2-25-19(24)15-20-9-5-10-21(13-12-20)18(23)14-22-11-8-16-6-3-4-7-17(16)22/h3-4,6-8,11H,2,5,9-10,12-15H2,1H3. The SMILES string of the molecule is CCOC(=O)CN1CCCN(C(=O)Cn2ccc3ccccc32)CC1. The van der Waals surface area contributed by atoms with Gasteiger partial charge in [0.25, 0.3) is 0 Å². The van der Waals surface area contributed by atoms with E-state index in [9.17, 15) is 9.59 Å². The molecule has 0 unspecified atom stereocenters. The molecule has 134 valence electrons. The Morgan fingerprint density at radius 1 is 1.04 bits per heavy atom. The van der Waals surface area contributed by atoms with Crippen molar-refractivity contribution in [3.8, 4) is 0 Å². The van der Waals surface area contributed by atoms with Crippen LogP contribution in [0.1, 0.15) is 13.3 Å². The predicted molar refractivity (Wildman–Crippen MR) is 96.2 cm³/mol. The summed E-state index contributed by atoms with van der Waals surface area (Å²) >= 11 is 0. The van der Waals surface area contributed by atoms with E-state index in [0.29, 0.717) is 32.8 Å². The minimum atomic E-state index is -0.193. The first-order valence-electron chi connectivity index (χ1n) is 8.87. The van der Waals surface area contributed by atoms with Crippen molar-refractivity contribution in [3.63, 3.8) is 0 Å². The lowest BCUT2D eigenvalue weighted by Gasteiger charge is -2.22. The number of esters is 1. The lowest BCUT2D eigenvalue weighted by molar-refractivity contribution is -0.144. The minimum Gasteiger partial charge on any atom is -0.465 e. The quantitative estimate of drug-likeness (QED) is 0.776. The number of hydrogen-bond donors (Lipinski definition) is 0. The van der Waals surface area contributed by atoms with E-state index in [4.69, 9.17) is 4.74 Å². The maximum absolute atomic E-state index is 12.7. The molecule has 1 aromatic carbocycles. The van der Waals surface area contributed by atoms with Gasteiger partial charge in [0.1, 0.15) is 6.54 Å². The lowest BCUT2D eigenvalue weighted by atomic mass is 10.2. The summed E-state index contributed by atoms with van der Waals surface area (Å²) in [5, 5.41) is 1.15. The van der Waals surface area contributed by atoms with E-state index in [-0.39, 0.29) is 11.9 Å². The summed E-state index contributed by atoms with van der Waals surface area (Å²) in [6, 6.07) is 10.1. The van der Waals surface area contributed by atoms with Gasteiger partial charge in [-0.2, -0.15) is 0 Å². The number of rotatable bonds is 5. The fourth-order valence-electron chi connectivity index (χ4n) is 3.29. The van der Waals surface area contributed by atoms with Crippen LogP contribution in [0.5, 0.6) is 0 Å². The van der Waals surface area contributed by atoms with Gasteiger partial charge >= 0.3 is 5.97 Å². The molecule has 0 spiro atoms. The molecule has 25 heavy (non-hydrogen) atoms. The van der Waals surface area contributed by atoms with E-state index in [2.05, 4.69) is 11.0 Å². The first kappa shape index (κ1) is 17.5. The number of hydrogen-bond acceptors (Lipinski definition) is 4. The molecule has 1 amide bonds. The first-order chi connectivity index (χ1) is 12.2. The molecule has 0 aliphatic carbocycles. The second kappa shape index (κ2) is 8.16. The number of nitrogens with zero attached hydrogens (tertiary/aromatic N) is 3. The third kappa shape index (κ3) is 4.39. The molecule has 6 nitrogen and oxygen atoms in total. The molecule has 0 atom stereocenters. The number of benzene rings is 1. The predicted octanol–water partition coefficient (Wildman–Crippen LogP) is 1.74. The second-order valence-corrected chi connectivity index (χ2v) is 6.32. The van der Waals surface area contributed by atoms with E-state index in [1.54, 1.807) is 0 Å². The summed E-state index contributed by atoms with van der Waals surface area (Å²) in [4.78, 5) is 28.3. The van der Waals surface area contributed by atoms with Crippen LogP contribution in [0, 0.1) is 0 Å². The van der Waals surface area contributed by atoms with Crippen LogP contribution in [0.4, 0.5) is 0 Å². The zero-order valence-electron chi connectivity index (χ0n) is 14.7. The van der Waals surface area contributed by atoms with Crippen molar-refractivity contribution >= 4 is 22.8 Å². The highest BCUT2D eigenvalue weighted by atomic mass is 16.5. The molecule has 1 aliphatic heterocycles. The molecule has 0 bridgehead atoms. The Morgan fingerprint density at radius 2 is 1.88 bits per heavy atom. The number of amides is 1. The largest absolute Gasteiger partial charge is 0.465 e. The van der Waals surface area contributed by atoms with E-state index in [1.807, 2.05) is 46.9 Å². The van der Waals surface area contributed by atoms with Crippen molar-refractivity contribution in [2.75, 3.05) is 39.3 Å². The molecule has 1 aliphatic rings. The summed E-state index contributed by atoms with van der Waals surface area (Å²) < 4.78 is 7.01. The van der Waals surface area contributed by atoms with Crippen molar-refractivity contribution < 1.29 is 14.3 Å². The van der Waals surface area contributed by atoms with Crippen LogP contribution in [-0.4, -0.2) is 65.6 Å². The molecule has 1 aromatic heterocycles. The number of carbonyl (C=O) groups is 2. The highest BCUT2D eigenvalue weighted by Crippen LogP contribution is 2.15. The van der Waals surface area contributed by atoms with Crippen molar-refractivity contribution in [2.24, 2.45) is 0 Å². The fourth-order valence-corrected chi connectivity index (χ4v) is 3.29. The van der Waals surface area contributed by atoms with E-state index in [0.717, 1.165) is 30.4 Å². The molecule has 0 N–H and O–H groups in total. The maximum atomic E-state index is 12.7. The lowest BCUT2D eigenvalue weighted by Crippen LogP contribution is -2.38. The smallest absolute Gasteiger partial charge is 0.320 e. The van der Waals surface area contributed by atoms with Crippen LogP contribution in [0.15, 0.2) is 36.5 Å². The Labute approximate surface area is 147 Å². The molecule has 1 fully saturated rings. The minimum absolute atomic E-state index is 0.124. The van der Waals surface area contributed by atoms with E-state index >= 15 is 0 Å². The molecule has 2 heterocycles. The summed E-state index contributed by atoms with van der Waals surface area (Å²) in [6.07, 6.45) is 2.84. The van der Waals surface area contributed by atoms with Gasteiger partial charge in [-0.3, -0.25) is 14.5 Å². The van der Waals surface area contributed by atoms with Crippen LogP contribution in [-0.2, 0) is 20.9 Å². The zero-order chi connectivity index (χ0) is 17.6. The van der Waals surface area contributed by atoms with Gasteiger partial charge in [0.15, 0.2) is 0 Å². The van der Waals surface area contributed by atoms with E-state index in [1.165, 1.54) is 0 Å². The van der Waals surface area contributed by atoms with Crippen LogP contribution in [0.25, 0.3) is 10.9 Å². The summed E-state index contributed by atoms with van der Waals surface area (Å²) in [7, 11) is 0. The highest BCUT2D eigenvalue weighted by molar-refractivity contribution is 5.83. The number of para-hydroxylation sites is 1. The molecular formula is C19H25N3O3. The number of carbonyl (C=O) groups excluding carboxylic acids is 2. The van der Waals surface area contributed by atoms with Gasteiger partial charge in [-0.05, 0) is 30.9 Å². The van der Waals surface area contributed by atoms with Gasteiger partial charge in [-0.15, -0.1) is 0 Å². The number of ether oxygens (including phenoxy) is 1. The summed E-state index contributed by atoms with van der Waals surface area (Å²) in [5.41, 5.74) is 1.08. The van der Waals surface area contributed by atoms with Crippen molar-refractivity contribution in [1.82, 2.24) is 14.4 Å². The normalized spacial score (nSPS) is 16.0. The second-order valence-electron chi connectivity index (χ2n) is 6.32. The summed E-state index contributed by atoms with van der Waals surface area (Å²) in [5.74, 6) is -0.0691. The molecule has 3 rings (SSSR count). The van der Waals surface area contributed by atoms with Crippen LogP contribution in [0.3, 0.4) is 0 Å². The average Bonchev–Trinajstić information content (AvgIpc) is 2.85. The highest BCUT2D eigenvalue weighted by Gasteiger charge is 2.21. The van der Waals surface area contributed by atoms with Gasteiger partial charge < -0.3 is 14.2 Å². The van der Waals surface area contributed by atoms with Gasteiger partial charge in [0.05, 0.1) is 13.2 Å². The van der Waals surface area contributed by atoms with E-state index < -0.39 is 0 Å². The zero-order valence-corrected chi connectivity index (χ0v) is 14.7. The first-order valence-corrected chi connectivity index (χ1v) is 8.87. The van der Waals surface area contributed by atoms with Crippen LogP contribution in [0.2, 0.25) is 0 Å². The Kier molecular flexibility index (Phi) is 5.71. The van der Waals surface area contributed by atoms with Gasteiger partial charge in [-0.25, -0.2) is 0 Å². The molecule has 2 aromatic rings. The van der Waals surface area contributed by atoms with Crippen molar-refractivity contribution in [1.29, 1.82) is 0 Å². The van der Waals surface area contributed by atoms with Crippen molar-refractivity contribution in [2.45, 2.75) is 19.9 Å². The van der Waals surface area contributed by atoms with Gasteiger partial charge in [0.2, 0.25) is 5.91 Å². The molecule has 0 saturated carbocycles. The van der Waals surface area contributed by atoms with Gasteiger partial charge in [-0.1, -0.05) is 18.2 Å². The maximum Gasteiger partial charge on any atom is 0.320 e. The summed E-state index contributed by atoms with van der Waals surface area (Å²) in [6.45, 7) is 5.78. The monoisotopic (exact) mass is 343 g/mol. The molecule has 1 saturated heterocycles. The Morgan fingerprint density at radius 3 is 2.72 bits per heavy atom. The Bertz CT molecular complexity index is 740. The Hall–Kier alpha value is -2.34. The van der Waals surface area contributed by atoms with Crippen LogP contribution < -0.4 is 0 Å². The van der Waals surface area contributed by atoms with Crippen LogP contribution >= 0.6 is 0 Å². The molecule has 0 radical (unpaired) electrons. The molecule has 6 heteroatoms.